The van der Waals surface area contributed by atoms with Crippen molar-refractivity contribution in [3.05, 3.63) is 47.4 Å². The summed E-state index contributed by atoms with van der Waals surface area (Å²) in [5.74, 6) is 0.383. The van der Waals surface area contributed by atoms with Crippen LogP contribution in [0.25, 0.3) is 0 Å². The number of amides is 1. The number of hydrogen-bond donors (Lipinski definition) is 3. The van der Waals surface area contributed by atoms with E-state index in [-0.39, 0.29) is 30.0 Å². The number of anilines is 2. The molecule has 0 saturated heterocycles. The topological polar surface area (TPSA) is 103 Å². The molecule has 2 aromatic rings. The van der Waals surface area contributed by atoms with Crippen molar-refractivity contribution in [1.82, 2.24) is 15.3 Å². The Labute approximate surface area is 178 Å². The lowest BCUT2D eigenvalue weighted by Crippen LogP contribution is -2.34. The number of alkyl halides is 3. The number of aromatic nitrogens is 2. The third kappa shape index (κ3) is 5.63. The fourth-order valence-electron chi connectivity index (χ4n) is 3.71. The molecule has 2 heterocycles. The van der Waals surface area contributed by atoms with Crippen LogP contribution in [0.3, 0.4) is 0 Å². The van der Waals surface area contributed by atoms with Crippen molar-refractivity contribution in [3.8, 4) is 6.07 Å². The third-order valence-electron chi connectivity index (χ3n) is 5.40. The summed E-state index contributed by atoms with van der Waals surface area (Å²) in [5, 5.41) is 18.3. The first kappa shape index (κ1) is 22.3. The predicted molar refractivity (Wildman–Crippen MR) is 109 cm³/mol. The van der Waals surface area contributed by atoms with Gasteiger partial charge in [-0.05, 0) is 31.7 Å². The minimum atomic E-state index is -4.47. The highest BCUT2D eigenvalue weighted by Gasteiger charge is 2.33. The summed E-state index contributed by atoms with van der Waals surface area (Å²) in [4.78, 5) is 19.7. The van der Waals surface area contributed by atoms with E-state index < -0.39 is 11.7 Å². The average Bonchev–Trinajstić information content (AvgIpc) is 2.77. The lowest BCUT2D eigenvalue weighted by atomic mass is 9.85. The lowest BCUT2D eigenvalue weighted by molar-refractivity contribution is -0.138. The summed E-state index contributed by atoms with van der Waals surface area (Å²) in [6, 6.07) is 4.73. The highest BCUT2D eigenvalue weighted by Crippen LogP contribution is 2.32. The van der Waals surface area contributed by atoms with Gasteiger partial charge in [0.1, 0.15) is 11.9 Å². The molecule has 10 heteroatoms. The van der Waals surface area contributed by atoms with Gasteiger partial charge in [-0.15, -0.1) is 0 Å². The number of pyridine rings is 2. The van der Waals surface area contributed by atoms with Crippen LogP contribution >= 0.6 is 0 Å². The van der Waals surface area contributed by atoms with Gasteiger partial charge in [0.15, 0.2) is 0 Å². The molecule has 3 N–H and O–H groups in total. The van der Waals surface area contributed by atoms with Crippen LogP contribution in [-0.4, -0.2) is 29.0 Å². The number of nitrogens with one attached hydrogen (secondary N) is 3. The Balaban J connectivity index is 1.68. The Morgan fingerprint density at radius 1 is 1.26 bits per heavy atom. The average molecular weight is 432 g/mol. The molecular weight excluding hydrogens is 409 g/mol. The Morgan fingerprint density at radius 3 is 2.65 bits per heavy atom. The van der Waals surface area contributed by atoms with Crippen molar-refractivity contribution in [2.75, 3.05) is 17.7 Å². The number of nitrogens with zero attached hydrogens (tertiary/aromatic N) is 3. The quantitative estimate of drug-likeness (QED) is 0.643. The van der Waals surface area contributed by atoms with Gasteiger partial charge >= 0.3 is 6.18 Å². The van der Waals surface area contributed by atoms with Crippen molar-refractivity contribution < 1.29 is 18.0 Å². The number of rotatable bonds is 6. The van der Waals surface area contributed by atoms with E-state index in [2.05, 4.69) is 32.0 Å². The Kier molecular flexibility index (Phi) is 6.95. The largest absolute Gasteiger partial charge is 0.416 e. The summed E-state index contributed by atoms with van der Waals surface area (Å²) in [6.45, 7) is -0.113. The molecule has 0 unspecified atom stereocenters. The second-order valence-corrected chi connectivity index (χ2v) is 7.42. The van der Waals surface area contributed by atoms with Gasteiger partial charge in [-0.25, -0.2) is 4.98 Å². The molecule has 0 spiro atoms. The van der Waals surface area contributed by atoms with Gasteiger partial charge in [0.25, 0.3) is 0 Å². The molecule has 1 fully saturated rings. The second kappa shape index (κ2) is 9.64. The van der Waals surface area contributed by atoms with Gasteiger partial charge in [0.05, 0.1) is 16.8 Å². The van der Waals surface area contributed by atoms with E-state index in [1.54, 1.807) is 13.1 Å². The molecule has 7 nitrogen and oxygen atoms in total. The van der Waals surface area contributed by atoms with Crippen LogP contribution in [0.15, 0.2) is 30.7 Å². The van der Waals surface area contributed by atoms with Crippen molar-refractivity contribution in [3.63, 3.8) is 0 Å². The first-order valence-corrected chi connectivity index (χ1v) is 9.94. The monoisotopic (exact) mass is 432 g/mol. The molecule has 0 bridgehead atoms. The summed E-state index contributed by atoms with van der Waals surface area (Å²) < 4.78 is 39.5. The van der Waals surface area contributed by atoms with E-state index in [0.717, 1.165) is 37.9 Å². The van der Waals surface area contributed by atoms with Crippen molar-refractivity contribution >= 4 is 17.4 Å². The highest BCUT2D eigenvalue weighted by atomic mass is 19.4. The zero-order valence-electron chi connectivity index (χ0n) is 17.0. The molecule has 1 aliphatic rings. The van der Waals surface area contributed by atoms with Crippen LogP contribution in [-0.2, 0) is 17.5 Å². The molecular formula is C21H23F3N6O. The summed E-state index contributed by atoms with van der Waals surface area (Å²) >= 11 is 0. The van der Waals surface area contributed by atoms with Gasteiger partial charge in [0.2, 0.25) is 5.91 Å². The number of halogens is 3. The van der Waals surface area contributed by atoms with Crippen molar-refractivity contribution in [2.45, 2.75) is 44.4 Å². The Hall–Kier alpha value is -3.35. The van der Waals surface area contributed by atoms with Crippen LogP contribution in [0.4, 0.5) is 24.7 Å². The summed E-state index contributed by atoms with van der Waals surface area (Å²) in [7, 11) is 1.63. The van der Waals surface area contributed by atoms with Gasteiger partial charge in [-0.1, -0.05) is 0 Å². The molecule has 0 radical (unpaired) electrons. The van der Waals surface area contributed by atoms with Crippen molar-refractivity contribution in [2.24, 2.45) is 5.92 Å². The zero-order chi connectivity index (χ0) is 22.4. The minimum Gasteiger partial charge on any atom is -0.381 e. The summed E-state index contributed by atoms with van der Waals surface area (Å²) in [5.41, 5.74) is 0.153. The van der Waals surface area contributed by atoms with E-state index in [0.29, 0.717) is 17.1 Å². The first-order valence-electron chi connectivity index (χ1n) is 9.94. The maximum atomic E-state index is 13.2. The van der Waals surface area contributed by atoms with Gasteiger partial charge < -0.3 is 16.0 Å². The molecule has 31 heavy (non-hydrogen) atoms. The van der Waals surface area contributed by atoms with Crippen LogP contribution in [0.2, 0.25) is 0 Å². The molecule has 0 aromatic carbocycles. The first-order chi connectivity index (χ1) is 14.8. The van der Waals surface area contributed by atoms with Crippen LogP contribution in [0.1, 0.15) is 42.4 Å². The molecule has 164 valence electrons. The van der Waals surface area contributed by atoms with Gasteiger partial charge in [-0.2, -0.15) is 18.4 Å². The van der Waals surface area contributed by atoms with Crippen molar-refractivity contribution in [1.29, 1.82) is 5.26 Å². The van der Waals surface area contributed by atoms with Crippen LogP contribution in [0, 0.1) is 17.2 Å². The van der Waals surface area contributed by atoms with E-state index in [9.17, 15) is 23.2 Å². The molecule has 1 aliphatic carbocycles. The zero-order valence-corrected chi connectivity index (χ0v) is 17.0. The smallest absolute Gasteiger partial charge is 0.381 e. The standard InChI is InChI=1S/C21H23F3N6O/c1-26-20(31)13-2-4-16(5-3-13)30-18-8-19(28-11-14(18)9-25)29-12-15-10-27-7-6-17(15)21(22,23)24/h6-8,10-11,13,16H,2-5,12H2,1H3,(H,26,31)(H2,28,29,30). The maximum Gasteiger partial charge on any atom is 0.416 e. The van der Waals surface area contributed by atoms with E-state index in [1.165, 1.54) is 12.4 Å². The van der Waals surface area contributed by atoms with Gasteiger partial charge in [-0.3, -0.25) is 9.78 Å². The highest BCUT2D eigenvalue weighted by molar-refractivity contribution is 5.78. The van der Waals surface area contributed by atoms with Gasteiger partial charge in [0, 0.05) is 55.8 Å². The minimum absolute atomic E-state index is 0.00296. The molecule has 2 aromatic heterocycles. The SMILES string of the molecule is CNC(=O)C1CCC(Nc2cc(NCc3cnccc3C(F)(F)F)ncc2C#N)CC1. The van der Waals surface area contributed by atoms with E-state index >= 15 is 0 Å². The predicted octanol–water partition coefficient (Wildman–Crippen LogP) is 3.70. The lowest BCUT2D eigenvalue weighted by Gasteiger charge is -2.29. The fraction of sp³-hybridized carbons (Fsp3) is 0.429. The molecule has 1 amide bonds. The second-order valence-electron chi connectivity index (χ2n) is 7.42. The fourth-order valence-corrected chi connectivity index (χ4v) is 3.71. The summed E-state index contributed by atoms with van der Waals surface area (Å²) in [6.07, 6.45) is 2.23. The van der Waals surface area contributed by atoms with Crippen LogP contribution in [0.5, 0.6) is 0 Å². The Morgan fingerprint density at radius 2 is 2.00 bits per heavy atom. The number of hydrogen-bond acceptors (Lipinski definition) is 6. The molecule has 0 atom stereocenters. The van der Waals surface area contributed by atoms with Crippen LogP contribution < -0.4 is 16.0 Å². The number of carbonyl (C=O) groups excluding carboxylic acids is 1. The Bertz CT molecular complexity index is 964. The third-order valence-corrected chi connectivity index (χ3v) is 5.40. The number of carbonyl (C=O) groups is 1. The molecule has 0 aliphatic heterocycles. The van der Waals surface area contributed by atoms with E-state index in [4.69, 9.17) is 0 Å². The van der Waals surface area contributed by atoms with E-state index in [1.807, 2.05) is 0 Å². The maximum absolute atomic E-state index is 13.2. The number of nitriles is 1. The molecule has 3 rings (SSSR count). The normalized spacial score (nSPS) is 18.7. The molecule has 1 saturated carbocycles.